The number of imide groups is 1. The fraction of sp³-hybridized carbons (Fsp3) is 0.688. The van der Waals surface area contributed by atoms with Crippen LogP contribution in [0.15, 0.2) is 0 Å². The highest BCUT2D eigenvalue weighted by molar-refractivity contribution is 6.08. The topological polar surface area (TPSA) is 129 Å². The molecule has 1 fully saturated rings. The van der Waals surface area contributed by atoms with E-state index in [1.54, 1.807) is 20.8 Å². The van der Waals surface area contributed by atoms with Crippen LogP contribution in [0.3, 0.4) is 0 Å². The molecule has 0 aromatic carbocycles. The average molecular weight is 352 g/mol. The third-order valence-electron chi connectivity index (χ3n) is 4.18. The molecule has 0 bridgehead atoms. The number of ether oxygens (including phenoxy) is 1. The molecular formula is C16H24N4O5. The predicted molar refractivity (Wildman–Crippen MR) is 86.9 cm³/mol. The Kier molecular flexibility index (Phi) is 5.79. The van der Waals surface area contributed by atoms with Gasteiger partial charge in [0.05, 0.1) is 6.07 Å². The minimum atomic E-state index is -1.17. The quantitative estimate of drug-likeness (QED) is 0.523. The van der Waals surface area contributed by atoms with Crippen molar-refractivity contribution in [3.05, 3.63) is 0 Å². The van der Waals surface area contributed by atoms with Crippen molar-refractivity contribution in [3.8, 4) is 6.07 Å². The van der Waals surface area contributed by atoms with E-state index in [2.05, 4.69) is 10.6 Å². The molecule has 0 aromatic heterocycles. The molecule has 2 unspecified atom stereocenters. The largest absolute Gasteiger partial charge is 0.451 e. The number of nitrogens with one attached hydrogen (secondary N) is 2. The summed E-state index contributed by atoms with van der Waals surface area (Å²) in [5.41, 5.74) is -2.20. The number of esters is 1. The number of amides is 4. The number of hydrogen-bond acceptors (Lipinski definition) is 6. The van der Waals surface area contributed by atoms with Gasteiger partial charge in [-0.1, -0.05) is 13.8 Å². The maximum absolute atomic E-state index is 12.1. The first-order valence-corrected chi connectivity index (χ1v) is 7.91. The van der Waals surface area contributed by atoms with E-state index in [9.17, 15) is 24.4 Å². The Morgan fingerprint density at radius 2 is 1.92 bits per heavy atom. The number of urea groups is 1. The Labute approximate surface area is 146 Å². The van der Waals surface area contributed by atoms with Crippen molar-refractivity contribution < 1.29 is 23.9 Å². The highest BCUT2D eigenvalue weighted by atomic mass is 16.5. The molecule has 138 valence electrons. The third-order valence-corrected chi connectivity index (χ3v) is 4.18. The lowest BCUT2D eigenvalue weighted by atomic mass is 9.90. The number of rotatable bonds is 6. The molecule has 0 saturated carbocycles. The Morgan fingerprint density at radius 1 is 1.36 bits per heavy atom. The molecule has 25 heavy (non-hydrogen) atoms. The van der Waals surface area contributed by atoms with Crippen LogP contribution in [0.25, 0.3) is 0 Å². The molecule has 0 aliphatic carbocycles. The van der Waals surface area contributed by atoms with Crippen molar-refractivity contribution in [2.45, 2.75) is 58.7 Å². The zero-order chi connectivity index (χ0) is 19.6. The summed E-state index contributed by atoms with van der Waals surface area (Å²) >= 11 is 0. The lowest BCUT2D eigenvalue weighted by Crippen LogP contribution is -2.52. The van der Waals surface area contributed by atoms with Crippen molar-refractivity contribution in [1.82, 2.24) is 15.5 Å². The molecule has 0 aromatic rings. The van der Waals surface area contributed by atoms with Crippen LogP contribution in [-0.4, -0.2) is 52.4 Å². The monoisotopic (exact) mass is 352 g/mol. The van der Waals surface area contributed by atoms with Gasteiger partial charge in [-0.05, 0) is 33.6 Å². The minimum absolute atomic E-state index is 0.155. The Morgan fingerprint density at radius 3 is 2.32 bits per heavy atom. The van der Waals surface area contributed by atoms with Crippen LogP contribution in [0.5, 0.6) is 0 Å². The van der Waals surface area contributed by atoms with Crippen molar-refractivity contribution in [1.29, 1.82) is 5.26 Å². The van der Waals surface area contributed by atoms with E-state index in [4.69, 9.17) is 4.74 Å². The molecular weight excluding hydrogens is 328 g/mol. The summed E-state index contributed by atoms with van der Waals surface area (Å²) in [5, 5.41) is 14.2. The van der Waals surface area contributed by atoms with Crippen LogP contribution in [0.1, 0.15) is 41.5 Å². The molecule has 1 saturated heterocycles. The summed E-state index contributed by atoms with van der Waals surface area (Å²) in [6, 6.07) is 1.32. The van der Waals surface area contributed by atoms with Gasteiger partial charge in [-0.2, -0.15) is 5.26 Å². The molecule has 9 heteroatoms. The van der Waals surface area contributed by atoms with Gasteiger partial charge in [0.15, 0.2) is 6.10 Å². The molecule has 0 spiro atoms. The lowest BCUT2D eigenvalue weighted by molar-refractivity contribution is -0.157. The fourth-order valence-corrected chi connectivity index (χ4v) is 2.04. The number of carbonyl (C=O) groups is 4. The van der Waals surface area contributed by atoms with Crippen LogP contribution < -0.4 is 10.6 Å². The highest BCUT2D eigenvalue weighted by Crippen LogP contribution is 2.17. The van der Waals surface area contributed by atoms with E-state index < -0.39 is 47.5 Å². The van der Waals surface area contributed by atoms with E-state index in [-0.39, 0.29) is 5.92 Å². The van der Waals surface area contributed by atoms with Gasteiger partial charge in [0.25, 0.3) is 11.8 Å². The fourth-order valence-electron chi connectivity index (χ4n) is 2.04. The van der Waals surface area contributed by atoms with Crippen molar-refractivity contribution >= 4 is 23.8 Å². The van der Waals surface area contributed by atoms with Gasteiger partial charge in [-0.15, -0.1) is 0 Å². The first-order valence-electron chi connectivity index (χ1n) is 7.91. The Bertz CT molecular complexity index is 637. The summed E-state index contributed by atoms with van der Waals surface area (Å²) in [5.74, 6) is -2.24. The van der Waals surface area contributed by atoms with Gasteiger partial charge < -0.3 is 15.4 Å². The molecule has 1 aliphatic heterocycles. The molecule has 4 amide bonds. The summed E-state index contributed by atoms with van der Waals surface area (Å²) in [6.45, 7) is 8.91. The Hall–Kier alpha value is -2.63. The van der Waals surface area contributed by atoms with E-state index in [0.29, 0.717) is 0 Å². The zero-order valence-electron chi connectivity index (χ0n) is 15.3. The molecule has 1 aliphatic rings. The van der Waals surface area contributed by atoms with Crippen molar-refractivity contribution in [2.24, 2.45) is 5.92 Å². The van der Waals surface area contributed by atoms with Gasteiger partial charge in [-0.25, -0.2) is 4.79 Å². The summed E-state index contributed by atoms with van der Waals surface area (Å²) < 4.78 is 4.97. The molecule has 1 rings (SSSR count). The summed E-state index contributed by atoms with van der Waals surface area (Å²) in [7, 11) is 0. The third kappa shape index (κ3) is 4.47. The Balaban J connectivity index is 2.66. The normalized spacial score (nSPS) is 19.7. The van der Waals surface area contributed by atoms with E-state index in [1.165, 1.54) is 20.8 Å². The van der Waals surface area contributed by atoms with Crippen LogP contribution in [0.2, 0.25) is 0 Å². The van der Waals surface area contributed by atoms with Gasteiger partial charge in [-0.3, -0.25) is 19.3 Å². The second-order valence-electron chi connectivity index (χ2n) is 7.04. The van der Waals surface area contributed by atoms with Crippen LogP contribution >= 0.6 is 0 Å². The van der Waals surface area contributed by atoms with Gasteiger partial charge in [0.2, 0.25) is 0 Å². The number of nitrogens with zero attached hydrogens (tertiary/aromatic N) is 2. The number of hydrogen-bond donors (Lipinski definition) is 2. The van der Waals surface area contributed by atoms with Gasteiger partial charge in [0.1, 0.15) is 17.6 Å². The maximum Gasteiger partial charge on any atom is 0.327 e. The van der Waals surface area contributed by atoms with E-state index in [1.807, 2.05) is 6.07 Å². The summed E-state index contributed by atoms with van der Waals surface area (Å²) in [6.07, 6.45) is -1.17. The molecule has 9 nitrogen and oxygen atoms in total. The highest BCUT2D eigenvalue weighted by Gasteiger charge is 2.45. The summed E-state index contributed by atoms with van der Waals surface area (Å²) in [4.78, 5) is 48.5. The molecule has 1 heterocycles. The van der Waals surface area contributed by atoms with E-state index >= 15 is 0 Å². The minimum Gasteiger partial charge on any atom is -0.451 e. The number of carbonyl (C=O) groups excluding carboxylic acids is 4. The second kappa shape index (κ2) is 7.09. The smallest absolute Gasteiger partial charge is 0.327 e. The predicted octanol–water partition coefficient (Wildman–Crippen LogP) is 0.303. The van der Waals surface area contributed by atoms with Crippen LogP contribution in [-0.2, 0) is 19.1 Å². The zero-order valence-corrected chi connectivity index (χ0v) is 15.3. The number of nitriles is 1. The first-order chi connectivity index (χ1) is 11.3. The van der Waals surface area contributed by atoms with Crippen molar-refractivity contribution in [2.75, 3.05) is 6.54 Å². The second-order valence-corrected chi connectivity index (χ2v) is 7.04. The standard InChI is InChI=1S/C16H24N4O5/c1-9(2)16(6,8-17)18-12(22)10(3)25-11(21)7-20-13(23)15(4,5)19-14(20)24/h9-10H,7H2,1-6H3,(H,18,22)(H,19,24). The van der Waals surface area contributed by atoms with Gasteiger partial charge >= 0.3 is 12.0 Å². The van der Waals surface area contributed by atoms with Gasteiger partial charge in [0, 0.05) is 0 Å². The lowest BCUT2D eigenvalue weighted by Gasteiger charge is -2.28. The van der Waals surface area contributed by atoms with Crippen LogP contribution in [0.4, 0.5) is 4.79 Å². The van der Waals surface area contributed by atoms with Crippen molar-refractivity contribution in [3.63, 3.8) is 0 Å². The average Bonchev–Trinajstić information content (AvgIpc) is 2.68. The van der Waals surface area contributed by atoms with E-state index in [0.717, 1.165) is 4.90 Å². The molecule has 2 atom stereocenters. The van der Waals surface area contributed by atoms with Crippen LogP contribution in [0, 0.1) is 17.2 Å². The first kappa shape index (κ1) is 20.4. The SMILES string of the molecule is CC(OC(=O)CN1C(=O)NC(C)(C)C1=O)C(=O)NC(C)(C#N)C(C)C. The maximum atomic E-state index is 12.1. The molecule has 0 radical (unpaired) electrons. The molecule has 2 N–H and O–H groups in total.